The number of carbonyl (C=O) groups is 1. The molecule has 0 saturated carbocycles. The zero-order chi connectivity index (χ0) is 8.91. The first-order valence-electron chi connectivity index (χ1n) is 3.38. The van der Waals surface area contributed by atoms with Gasteiger partial charge in [-0.25, -0.2) is 0 Å². The van der Waals surface area contributed by atoms with Crippen LogP contribution >= 0.6 is 0 Å². The Balaban J connectivity index is 3.77. The molecule has 0 aliphatic rings. The Hall–Kier alpha value is -1.01. The average molecular weight is 155 g/mol. The highest BCUT2D eigenvalue weighted by molar-refractivity contribution is 5.84. The lowest BCUT2D eigenvalue weighted by molar-refractivity contribution is -0.136. The van der Waals surface area contributed by atoms with Crippen molar-refractivity contribution in [1.82, 2.24) is 5.32 Å². The van der Waals surface area contributed by atoms with E-state index < -0.39 is 11.5 Å². The van der Waals surface area contributed by atoms with Gasteiger partial charge >= 0.3 is 0 Å². The van der Waals surface area contributed by atoms with Gasteiger partial charge in [-0.05, 0) is 20.8 Å². The summed E-state index contributed by atoms with van der Waals surface area (Å²) < 4.78 is 0. The zero-order valence-corrected chi connectivity index (χ0v) is 7.06. The molecule has 62 valence electrons. The SMILES string of the molecule is CC#CCNC(=O)C(C)(C)O. The van der Waals surface area contributed by atoms with Crippen LogP contribution in [-0.2, 0) is 4.79 Å². The topological polar surface area (TPSA) is 49.3 Å². The minimum atomic E-state index is -1.31. The third kappa shape index (κ3) is 4.40. The molecule has 1 amide bonds. The zero-order valence-electron chi connectivity index (χ0n) is 7.06. The van der Waals surface area contributed by atoms with Crippen molar-refractivity contribution >= 4 is 5.91 Å². The minimum Gasteiger partial charge on any atom is -0.381 e. The van der Waals surface area contributed by atoms with E-state index in [9.17, 15) is 4.79 Å². The van der Waals surface area contributed by atoms with Gasteiger partial charge in [0.05, 0.1) is 6.54 Å². The lowest BCUT2D eigenvalue weighted by Gasteiger charge is -2.14. The lowest BCUT2D eigenvalue weighted by atomic mass is 10.1. The van der Waals surface area contributed by atoms with Gasteiger partial charge in [0, 0.05) is 0 Å². The molecule has 3 heteroatoms. The Kier molecular flexibility index (Phi) is 3.63. The van der Waals surface area contributed by atoms with Crippen LogP contribution in [0.4, 0.5) is 0 Å². The van der Waals surface area contributed by atoms with E-state index in [4.69, 9.17) is 5.11 Å². The summed E-state index contributed by atoms with van der Waals surface area (Å²) in [5.41, 5.74) is -1.31. The molecule has 0 aromatic carbocycles. The summed E-state index contributed by atoms with van der Waals surface area (Å²) in [6, 6.07) is 0. The molecule has 3 nitrogen and oxygen atoms in total. The second-order valence-electron chi connectivity index (χ2n) is 2.67. The van der Waals surface area contributed by atoms with Crippen LogP contribution in [0.3, 0.4) is 0 Å². The molecule has 0 atom stereocenters. The highest BCUT2D eigenvalue weighted by Gasteiger charge is 2.22. The normalized spacial score (nSPS) is 9.82. The van der Waals surface area contributed by atoms with Crippen LogP contribution in [0.15, 0.2) is 0 Å². The molecule has 0 saturated heterocycles. The first-order chi connectivity index (χ1) is 4.98. The summed E-state index contributed by atoms with van der Waals surface area (Å²) in [7, 11) is 0. The third-order valence-corrected chi connectivity index (χ3v) is 1.07. The number of carbonyl (C=O) groups excluding carboxylic acids is 1. The molecule has 0 spiro atoms. The number of nitrogens with one attached hydrogen (secondary N) is 1. The van der Waals surface area contributed by atoms with E-state index in [1.54, 1.807) is 6.92 Å². The summed E-state index contributed by atoms with van der Waals surface area (Å²) in [6.45, 7) is 4.85. The van der Waals surface area contributed by atoms with E-state index >= 15 is 0 Å². The van der Waals surface area contributed by atoms with E-state index in [1.807, 2.05) is 0 Å². The Morgan fingerprint density at radius 3 is 2.55 bits per heavy atom. The minimum absolute atomic E-state index is 0.291. The molecule has 0 radical (unpaired) electrons. The summed E-state index contributed by atoms with van der Waals surface area (Å²) in [5.74, 6) is 4.88. The molecule has 0 rings (SSSR count). The van der Waals surface area contributed by atoms with Gasteiger partial charge in [0.25, 0.3) is 5.91 Å². The number of amides is 1. The lowest BCUT2D eigenvalue weighted by Crippen LogP contribution is -2.42. The van der Waals surface area contributed by atoms with Crippen LogP contribution in [0, 0.1) is 11.8 Å². The fourth-order valence-corrected chi connectivity index (χ4v) is 0.429. The largest absolute Gasteiger partial charge is 0.381 e. The number of hydrogen-bond acceptors (Lipinski definition) is 2. The van der Waals surface area contributed by atoms with Gasteiger partial charge in [0.2, 0.25) is 0 Å². The Labute approximate surface area is 66.8 Å². The van der Waals surface area contributed by atoms with Crippen molar-refractivity contribution in [2.45, 2.75) is 26.4 Å². The molecule has 0 aromatic heterocycles. The number of rotatable bonds is 2. The molecule has 11 heavy (non-hydrogen) atoms. The maximum absolute atomic E-state index is 10.9. The molecular formula is C8H13NO2. The Morgan fingerprint density at radius 2 is 2.18 bits per heavy atom. The molecule has 0 fully saturated rings. The van der Waals surface area contributed by atoms with Crippen molar-refractivity contribution in [3.63, 3.8) is 0 Å². The molecule has 0 aliphatic heterocycles. The predicted octanol–water partition coefficient (Wildman–Crippen LogP) is -0.103. The van der Waals surface area contributed by atoms with Gasteiger partial charge in [-0.1, -0.05) is 5.92 Å². The van der Waals surface area contributed by atoms with Crippen LogP contribution in [0.25, 0.3) is 0 Å². The summed E-state index contributed by atoms with van der Waals surface area (Å²) >= 11 is 0. The van der Waals surface area contributed by atoms with E-state index in [-0.39, 0.29) is 0 Å². The standard InChI is InChI=1S/C8H13NO2/c1-4-5-6-9-7(10)8(2,3)11/h11H,6H2,1-3H3,(H,9,10). The fraction of sp³-hybridized carbons (Fsp3) is 0.625. The van der Waals surface area contributed by atoms with E-state index in [1.165, 1.54) is 13.8 Å². The number of aliphatic hydroxyl groups is 1. The Morgan fingerprint density at radius 1 is 1.64 bits per heavy atom. The maximum atomic E-state index is 10.9. The second kappa shape index (κ2) is 3.99. The van der Waals surface area contributed by atoms with Gasteiger partial charge < -0.3 is 10.4 Å². The van der Waals surface area contributed by atoms with Crippen molar-refractivity contribution in [2.75, 3.05) is 6.54 Å². The Bertz CT molecular complexity index is 192. The monoisotopic (exact) mass is 155 g/mol. The quantitative estimate of drug-likeness (QED) is 0.547. The van der Waals surface area contributed by atoms with Gasteiger partial charge in [-0.2, -0.15) is 0 Å². The highest BCUT2D eigenvalue weighted by Crippen LogP contribution is 1.98. The molecule has 0 heterocycles. The smallest absolute Gasteiger partial charge is 0.252 e. The van der Waals surface area contributed by atoms with Crippen molar-refractivity contribution in [2.24, 2.45) is 0 Å². The number of hydrogen-bond donors (Lipinski definition) is 2. The predicted molar refractivity (Wildman–Crippen MR) is 42.8 cm³/mol. The third-order valence-electron chi connectivity index (χ3n) is 1.07. The second-order valence-corrected chi connectivity index (χ2v) is 2.67. The summed E-state index contributed by atoms with van der Waals surface area (Å²) in [4.78, 5) is 10.9. The van der Waals surface area contributed by atoms with Crippen LogP contribution in [0.5, 0.6) is 0 Å². The molecule has 0 bridgehead atoms. The van der Waals surface area contributed by atoms with E-state index in [0.717, 1.165) is 0 Å². The molecule has 0 unspecified atom stereocenters. The van der Waals surface area contributed by atoms with E-state index in [0.29, 0.717) is 6.54 Å². The van der Waals surface area contributed by atoms with Crippen molar-refractivity contribution in [3.8, 4) is 11.8 Å². The first kappa shape index (κ1) is 9.99. The molecule has 0 aliphatic carbocycles. The van der Waals surface area contributed by atoms with Crippen molar-refractivity contribution < 1.29 is 9.90 Å². The first-order valence-corrected chi connectivity index (χ1v) is 3.38. The maximum Gasteiger partial charge on any atom is 0.252 e. The molecule has 2 N–H and O–H groups in total. The van der Waals surface area contributed by atoms with Crippen LogP contribution in [0.2, 0.25) is 0 Å². The fourth-order valence-electron chi connectivity index (χ4n) is 0.429. The molecule has 0 aromatic rings. The van der Waals surface area contributed by atoms with Crippen LogP contribution in [0.1, 0.15) is 20.8 Å². The van der Waals surface area contributed by atoms with Gasteiger partial charge in [-0.3, -0.25) is 4.79 Å². The van der Waals surface area contributed by atoms with Gasteiger partial charge in [0.1, 0.15) is 5.60 Å². The summed E-state index contributed by atoms with van der Waals surface area (Å²) in [5, 5.41) is 11.6. The van der Waals surface area contributed by atoms with Crippen molar-refractivity contribution in [3.05, 3.63) is 0 Å². The van der Waals surface area contributed by atoms with Gasteiger partial charge in [0.15, 0.2) is 0 Å². The van der Waals surface area contributed by atoms with E-state index in [2.05, 4.69) is 17.2 Å². The average Bonchev–Trinajstić information content (AvgIpc) is 1.86. The van der Waals surface area contributed by atoms with Crippen LogP contribution in [-0.4, -0.2) is 23.2 Å². The van der Waals surface area contributed by atoms with Crippen LogP contribution < -0.4 is 5.32 Å². The highest BCUT2D eigenvalue weighted by atomic mass is 16.3. The molecular weight excluding hydrogens is 142 g/mol. The van der Waals surface area contributed by atoms with Gasteiger partial charge in [-0.15, -0.1) is 5.92 Å². The van der Waals surface area contributed by atoms with Crippen molar-refractivity contribution in [1.29, 1.82) is 0 Å². The summed E-state index contributed by atoms with van der Waals surface area (Å²) in [6.07, 6.45) is 0.